The Morgan fingerprint density at radius 3 is 2.74 bits per heavy atom. The Bertz CT molecular complexity index is 740. The van der Waals surface area contributed by atoms with E-state index in [0.29, 0.717) is 32.9 Å². The zero-order valence-corrected chi connectivity index (χ0v) is 16.0. The molecule has 1 aliphatic heterocycles. The molecule has 1 fully saturated rings. The Hall–Kier alpha value is -2.32. The summed E-state index contributed by atoms with van der Waals surface area (Å²) in [6.45, 7) is 5.10. The van der Waals surface area contributed by atoms with Crippen molar-refractivity contribution in [2.45, 2.75) is 25.7 Å². The van der Waals surface area contributed by atoms with E-state index in [1.54, 1.807) is 17.1 Å². The molecule has 0 aromatic carbocycles. The molecule has 1 amide bonds. The standard InChI is InChI=1S/C19H27N5O3/c1-3-26-10-11-27-14-18(25)24-8-5-15(6-9-24)19-20-7-4-17(22-19)16-12-21-23(2)13-16/h4,7,12-13,15H,3,5-6,8-11,14H2,1-2H3. The number of carbonyl (C=O) groups is 1. The van der Waals surface area contributed by atoms with Crippen LogP contribution in [0.2, 0.25) is 0 Å². The Kier molecular flexibility index (Phi) is 6.89. The van der Waals surface area contributed by atoms with Crippen LogP contribution >= 0.6 is 0 Å². The molecule has 27 heavy (non-hydrogen) atoms. The van der Waals surface area contributed by atoms with Crippen LogP contribution in [-0.2, 0) is 21.3 Å². The highest BCUT2D eigenvalue weighted by molar-refractivity contribution is 5.77. The average Bonchev–Trinajstić information content (AvgIpc) is 3.14. The molecule has 0 unspecified atom stereocenters. The van der Waals surface area contributed by atoms with Crippen molar-refractivity contribution >= 4 is 5.91 Å². The van der Waals surface area contributed by atoms with Gasteiger partial charge < -0.3 is 14.4 Å². The Balaban J connectivity index is 1.50. The van der Waals surface area contributed by atoms with E-state index in [1.807, 2.05) is 31.1 Å². The molecule has 0 N–H and O–H groups in total. The molecule has 8 nitrogen and oxygen atoms in total. The van der Waals surface area contributed by atoms with E-state index in [4.69, 9.17) is 14.5 Å². The third kappa shape index (κ3) is 5.33. The van der Waals surface area contributed by atoms with Crippen molar-refractivity contribution in [3.63, 3.8) is 0 Å². The quantitative estimate of drug-likeness (QED) is 0.654. The molecule has 0 aliphatic carbocycles. The van der Waals surface area contributed by atoms with Crippen LogP contribution in [0.4, 0.5) is 0 Å². The van der Waals surface area contributed by atoms with Crippen LogP contribution in [0, 0.1) is 0 Å². The van der Waals surface area contributed by atoms with Gasteiger partial charge in [0.1, 0.15) is 12.4 Å². The normalized spacial score (nSPS) is 15.3. The molecule has 0 spiro atoms. The zero-order chi connectivity index (χ0) is 19.1. The monoisotopic (exact) mass is 373 g/mol. The number of ether oxygens (including phenoxy) is 2. The minimum atomic E-state index is 0.0370. The van der Waals surface area contributed by atoms with E-state index in [9.17, 15) is 4.79 Å². The molecular weight excluding hydrogens is 346 g/mol. The number of likely N-dealkylation sites (tertiary alicyclic amines) is 1. The second kappa shape index (κ2) is 9.57. The van der Waals surface area contributed by atoms with Crippen LogP contribution in [-0.4, -0.2) is 70.1 Å². The van der Waals surface area contributed by atoms with Crippen LogP contribution < -0.4 is 0 Å². The van der Waals surface area contributed by atoms with E-state index < -0.39 is 0 Å². The first-order valence-corrected chi connectivity index (χ1v) is 9.42. The first-order chi connectivity index (χ1) is 13.2. The summed E-state index contributed by atoms with van der Waals surface area (Å²) in [5.41, 5.74) is 1.87. The van der Waals surface area contributed by atoms with Gasteiger partial charge in [0.15, 0.2) is 0 Å². The molecule has 2 aromatic heterocycles. The van der Waals surface area contributed by atoms with Gasteiger partial charge >= 0.3 is 0 Å². The van der Waals surface area contributed by atoms with Gasteiger partial charge in [-0.05, 0) is 25.8 Å². The lowest BCUT2D eigenvalue weighted by Gasteiger charge is -2.31. The fourth-order valence-electron chi connectivity index (χ4n) is 3.18. The van der Waals surface area contributed by atoms with Crippen molar-refractivity contribution in [1.82, 2.24) is 24.6 Å². The lowest BCUT2D eigenvalue weighted by Crippen LogP contribution is -2.40. The van der Waals surface area contributed by atoms with Crippen LogP contribution in [0.3, 0.4) is 0 Å². The molecule has 0 atom stereocenters. The largest absolute Gasteiger partial charge is 0.379 e. The summed E-state index contributed by atoms with van der Waals surface area (Å²) in [6, 6.07) is 1.90. The maximum atomic E-state index is 12.2. The van der Waals surface area contributed by atoms with Crippen molar-refractivity contribution in [2.24, 2.45) is 7.05 Å². The molecular formula is C19H27N5O3. The van der Waals surface area contributed by atoms with Crippen LogP contribution in [0.1, 0.15) is 31.5 Å². The van der Waals surface area contributed by atoms with Gasteiger partial charge in [-0.1, -0.05) is 0 Å². The Morgan fingerprint density at radius 2 is 2.04 bits per heavy atom. The van der Waals surface area contributed by atoms with Crippen molar-refractivity contribution in [3.8, 4) is 11.3 Å². The highest BCUT2D eigenvalue weighted by atomic mass is 16.5. The number of amides is 1. The number of rotatable bonds is 8. The minimum Gasteiger partial charge on any atom is -0.379 e. The molecule has 3 rings (SSSR count). The predicted octanol–water partition coefficient (Wildman–Crippen LogP) is 1.64. The van der Waals surface area contributed by atoms with Crippen molar-refractivity contribution in [3.05, 3.63) is 30.5 Å². The van der Waals surface area contributed by atoms with Crippen molar-refractivity contribution in [1.29, 1.82) is 0 Å². The summed E-state index contributed by atoms with van der Waals surface area (Å²) in [7, 11) is 1.89. The summed E-state index contributed by atoms with van der Waals surface area (Å²) in [4.78, 5) is 23.3. The number of piperidine rings is 1. The molecule has 8 heteroatoms. The number of aryl methyl sites for hydroxylation is 1. The van der Waals surface area contributed by atoms with Gasteiger partial charge in [-0.3, -0.25) is 9.48 Å². The first kappa shape index (κ1) is 19.4. The number of hydrogen-bond donors (Lipinski definition) is 0. The number of aromatic nitrogens is 4. The molecule has 0 radical (unpaired) electrons. The maximum absolute atomic E-state index is 12.2. The topological polar surface area (TPSA) is 82.4 Å². The Labute approximate surface area is 159 Å². The van der Waals surface area contributed by atoms with Crippen molar-refractivity contribution in [2.75, 3.05) is 39.5 Å². The van der Waals surface area contributed by atoms with E-state index in [-0.39, 0.29) is 18.4 Å². The molecule has 0 saturated carbocycles. The van der Waals surface area contributed by atoms with Gasteiger partial charge in [0, 0.05) is 50.6 Å². The van der Waals surface area contributed by atoms with Crippen LogP contribution in [0.5, 0.6) is 0 Å². The summed E-state index contributed by atoms with van der Waals surface area (Å²) in [6.07, 6.45) is 7.27. The summed E-state index contributed by atoms with van der Waals surface area (Å²) >= 11 is 0. The van der Waals surface area contributed by atoms with Gasteiger partial charge in [0.2, 0.25) is 5.91 Å². The van der Waals surface area contributed by atoms with Gasteiger partial charge in [0.25, 0.3) is 0 Å². The fraction of sp³-hybridized carbons (Fsp3) is 0.579. The fourth-order valence-corrected chi connectivity index (χ4v) is 3.18. The molecule has 1 saturated heterocycles. The minimum absolute atomic E-state index is 0.0370. The van der Waals surface area contributed by atoms with Crippen LogP contribution in [0.15, 0.2) is 24.7 Å². The molecule has 0 bridgehead atoms. The van der Waals surface area contributed by atoms with Crippen molar-refractivity contribution < 1.29 is 14.3 Å². The van der Waals surface area contributed by atoms with E-state index >= 15 is 0 Å². The molecule has 146 valence electrons. The average molecular weight is 373 g/mol. The third-order valence-corrected chi connectivity index (χ3v) is 4.69. The predicted molar refractivity (Wildman–Crippen MR) is 100 cm³/mol. The van der Waals surface area contributed by atoms with Gasteiger partial charge in [-0.15, -0.1) is 0 Å². The highest BCUT2D eigenvalue weighted by Crippen LogP contribution is 2.27. The lowest BCUT2D eigenvalue weighted by molar-refractivity contribution is -0.137. The van der Waals surface area contributed by atoms with Gasteiger partial charge in [-0.2, -0.15) is 5.10 Å². The third-order valence-electron chi connectivity index (χ3n) is 4.69. The van der Waals surface area contributed by atoms with E-state index in [1.165, 1.54) is 0 Å². The molecule has 2 aromatic rings. The summed E-state index contributed by atoms with van der Waals surface area (Å²) in [5, 5.41) is 4.20. The SMILES string of the molecule is CCOCCOCC(=O)N1CCC(c2nccc(-c3cnn(C)c3)n2)CC1. The lowest BCUT2D eigenvalue weighted by atomic mass is 9.95. The van der Waals surface area contributed by atoms with E-state index in [0.717, 1.165) is 29.9 Å². The molecule has 1 aliphatic rings. The second-order valence-electron chi connectivity index (χ2n) is 6.61. The number of carbonyl (C=O) groups excluding carboxylic acids is 1. The summed E-state index contributed by atoms with van der Waals surface area (Å²) < 4.78 is 12.3. The zero-order valence-electron chi connectivity index (χ0n) is 16.0. The van der Waals surface area contributed by atoms with Gasteiger partial charge in [0.05, 0.1) is 25.1 Å². The van der Waals surface area contributed by atoms with Gasteiger partial charge in [-0.25, -0.2) is 9.97 Å². The number of nitrogens with zero attached hydrogens (tertiary/aromatic N) is 5. The first-order valence-electron chi connectivity index (χ1n) is 9.42. The second-order valence-corrected chi connectivity index (χ2v) is 6.61. The summed E-state index contributed by atoms with van der Waals surface area (Å²) in [5.74, 6) is 1.15. The van der Waals surface area contributed by atoms with Crippen LogP contribution in [0.25, 0.3) is 11.3 Å². The number of hydrogen-bond acceptors (Lipinski definition) is 6. The highest BCUT2D eigenvalue weighted by Gasteiger charge is 2.25. The van der Waals surface area contributed by atoms with E-state index in [2.05, 4.69) is 10.1 Å². The Morgan fingerprint density at radius 1 is 1.26 bits per heavy atom. The maximum Gasteiger partial charge on any atom is 0.248 e. The molecule has 3 heterocycles. The smallest absolute Gasteiger partial charge is 0.248 e.